The minimum Gasteiger partial charge on any atom is -0.481 e. The van der Waals surface area contributed by atoms with Crippen LogP contribution >= 0.6 is 0 Å². The number of aliphatic hydroxyl groups excluding tert-OH is 2. The molecule has 2 rings (SSSR count). The second kappa shape index (κ2) is 12.0. The second-order valence-electron chi connectivity index (χ2n) is 8.47. The number of carbonyl (C=O) groups excluding carboxylic acids is 1. The van der Waals surface area contributed by atoms with Crippen LogP contribution < -0.4 is 0 Å². The Kier molecular flexibility index (Phi) is 10.8. The van der Waals surface area contributed by atoms with Crippen molar-refractivity contribution < 1.29 is 48.7 Å². The predicted octanol–water partition coefficient (Wildman–Crippen LogP) is 0.662. The first-order valence-corrected chi connectivity index (χ1v) is 10.3. The summed E-state index contributed by atoms with van der Waals surface area (Å²) in [7, 11) is 2.99. The van der Waals surface area contributed by atoms with Gasteiger partial charge in [0.25, 0.3) is 0 Å². The fraction of sp³-hybridized carbons (Fsp3) is 0.900. The van der Waals surface area contributed by atoms with E-state index < -0.39 is 17.5 Å². The molecule has 0 aromatic rings. The van der Waals surface area contributed by atoms with Gasteiger partial charge >= 0.3 is 5.97 Å². The first kappa shape index (κ1) is 27.7. The number of hydroxylamine groups is 2. The van der Waals surface area contributed by atoms with E-state index in [-0.39, 0.29) is 56.4 Å². The Morgan fingerprint density at radius 1 is 0.871 bits per heavy atom. The molecule has 182 valence electrons. The van der Waals surface area contributed by atoms with Crippen LogP contribution in [0.15, 0.2) is 0 Å². The number of carboxylic acids is 1. The SMILES string of the molecule is CC1(C)O[C@H](CO)C[C@H](CC(=O)O)O1.CON(C)C(=O)C[C@H]1C[C@@H](CO)OC(C)(C)O1. The third-order valence-electron chi connectivity index (χ3n) is 4.69. The van der Waals surface area contributed by atoms with Crippen LogP contribution in [0.1, 0.15) is 53.4 Å². The molecule has 0 spiro atoms. The molecule has 31 heavy (non-hydrogen) atoms. The first-order valence-electron chi connectivity index (χ1n) is 10.3. The number of nitrogens with zero attached hydrogens (tertiary/aromatic N) is 1. The number of carbonyl (C=O) groups is 2. The van der Waals surface area contributed by atoms with E-state index in [0.717, 1.165) is 0 Å². The minimum atomic E-state index is -0.899. The lowest BCUT2D eigenvalue weighted by Crippen LogP contribution is -2.47. The van der Waals surface area contributed by atoms with Crippen molar-refractivity contribution in [1.82, 2.24) is 5.06 Å². The zero-order valence-corrected chi connectivity index (χ0v) is 19.2. The average molecular weight is 452 g/mol. The molecule has 2 saturated heterocycles. The van der Waals surface area contributed by atoms with Gasteiger partial charge in [-0.1, -0.05) is 0 Å². The lowest BCUT2D eigenvalue weighted by atomic mass is 10.1. The third-order valence-corrected chi connectivity index (χ3v) is 4.69. The smallest absolute Gasteiger partial charge is 0.305 e. The Bertz CT molecular complexity index is 582. The number of hydrogen-bond acceptors (Lipinski definition) is 9. The van der Waals surface area contributed by atoms with E-state index in [9.17, 15) is 9.59 Å². The van der Waals surface area contributed by atoms with Gasteiger partial charge in [0.2, 0.25) is 5.91 Å². The molecular formula is C20H37NO10. The van der Waals surface area contributed by atoms with Gasteiger partial charge < -0.3 is 34.3 Å². The van der Waals surface area contributed by atoms with Gasteiger partial charge in [-0.2, -0.15) is 0 Å². The molecule has 2 heterocycles. The van der Waals surface area contributed by atoms with Gasteiger partial charge in [-0.25, -0.2) is 5.06 Å². The van der Waals surface area contributed by atoms with Gasteiger partial charge in [0, 0.05) is 19.9 Å². The van der Waals surface area contributed by atoms with Crippen molar-refractivity contribution in [3.8, 4) is 0 Å². The van der Waals surface area contributed by atoms with E-state index in [1.165, 1.54) is 12.2 Å². The number of aliphatic hydroxyl groups is 2. The molecule has 4 atom stereocenters. The molecule has 0 aromatic carbocycles. The molecule has 0 aromatic heterocycles. The number of rotatable bonds is 7. The van der Waals surface area contributed by atoms with Crippen LogP contribution in [-0.2, 0) is 33.4 Å². The summed E-state index contributed by atoms with van der Waals surface area (Å²) in [4.78, 5) is 27.0. The van der Waals surface area contributed by atoms with Crippen molar-refractivity contribution in [1.29, 1.82) is 0 Å². The maximum absolute atomic E-state index is 11.7. The Balaban J connectivity index is 0.000000316. The third kappa shape index (κ3) is 10.2. The zero-order valence-electron chi connectivity index (χ0n) is 19.2. The van der Waals surface area contributed by atoms with Gasteiger partial charge in [0.15, 0.2) is 11.6 Å². The normalized spacial score (nSPS) is 29.4. The average Bonchev–Trinajstić information content (AvgIpc) is 2.64. The summed E-state index contributed by atoms with van der Waals surface area (Å²) in [6, 6.07) is 0. The summed E-state index contributed by atoms with van der Waals surface area (Å²) in [5, 5.41) is 27.9. The predicted molar refractivity (Wildman–Crippen MR) is 108 cm³/mol. The van der Waals surface area contributed by atoms with E-state index in [0.29, 0.717) is 12.8 Å². The molecule has 11 heteroatoms. The van der Waals surface area contributed by atoms with E-state index >= 15 is 0 Å². The number of carboxylic acid groups (broad SMARTS) is 1. The van der Waals surface area contributed by atoms with Crippen LogP contribution in [0.4, 0.5) is 0 Å². The Morgan fingerprint density at radius 3 is 1.61 bits per heavy atom. The monoisotopic (exact) mass is 451 g/mol. The molecule has 0 aliphatic carbocycles. The van der Waals surface area contributed by atoms with E-state index in [1.54, 1.807) is 34.7 Å². The second-order valence-corrected chi connectivity index (χ2v) is 8.47. The maximum atomic E-state index is 11.7. The van der Waals surface area contributed by atoms with Gasteiger partial charge in [-0.3, -0.25) is 14.4 Å². The van der Waals surface area contributed by atoms with Crippen molar-refractivity contribution in [2.75, 3.05) is 27.4 Å². The maximum Gasteiger partial charge on any atom is 0.305 e. The summed E-state index contributed by atoms with van der Waals surface area (Å²) < 4.78 is 21.9. The summed E-state index contributed by atoms with van der Waals surface area (Å²) in [6.07, 6.45) is -0.172. The van der Waals surface area contributed by atoms with Gasteiger partial charge in [0.05, 0.1) is 57.6 Å². The quantitative estimate of drug-likeness (QED) is 0.472. The molecular weight excluding hydrogens is 414 g/mol. The lowest BCUT2D eigenvalue weighted by molar-refractivity contribution is -0.304. The number of amides is 1. The molecule has 0 unspecified atom stereocenters. The highest BCUT2D eigenvalue weighted by atomic mass is 16.7. The Morgan fingerprint density at radius 2 is 1.26 bits per heavy atom. The van der Waals surface area contributed by atoms with Crippen molar-refractivity contribution in [2.45, 2.75) is 89.4 Å². The molecule has 11 nitrogen and oxygen atoms in total. The lowest BCUT2D eigenvalue weighted by Gasteiger charge is -2.40. The molecule has 2 aliphatic rings. The zero-order chi connectivity index (χ0) is 23.8. The van der Waals surface area contributed by atoms with Gasteiger partial charge in [-0.15, -0.1) is 0 Å². The van der Waals surface area contributed by atoms with Gasteiger partial charge in [-0.05, 0) is 27.7 Å². The van der Waals surface area contributed by atoms with Crippen molar-refractivity contribution in [3.05, 3.63) is 0 Å². The van der Waals surface area contributed by atoms with Crippen LogP contribution in [0.25, 0.3) is 0 Å². The summed E-state index contributed by atoms with van der Waals surface area (Å²) in [5.74, 6) is -2.65. The highest BCUT2D eigenvalue weighted by Crippen LogP contribution is 2.29. The molecule has 3 N–H and O–H groups in total. The van der Waals surface area contributed by atoms with E-state index in [4.69, 9.17) is 39.1 Å². The standard InChI is InChI=1S/C11H21NO5.C9H16O5/c1-11(2)16-8(5-9(7-13)17-11)6-10(14)12(3)15-4;1-9(2)13-6(4-8(11)12)3-7(5-10)14-9/h8-9,13H,5-7H2,1-4H3;6-7,10H,3-5H2,1-2H3,(H,11,12)/t8-,9+;6-,7+/m11/s1. The molecule has 1 amide bonds. The fourth-order valence-electron chi connectivity index (χ4n) is 3.53. The summed E-state index contributed by atoms with van der Waals surface area (Å²) in [6.45, 7) is 6.78. The number of hydrogen-bond donors (Lipinski definition) is 3. The molecule has 2 aliphatic heterocycles. The van der Waals surface area contributed by atoms with Gasteiger partial charge in [0.1, 0.15) is 0 Å². The Labute approximate surface area is 183 Å². The highest BCUT2D eigenvalue weighted by molar-refractivity contribution is 5.75. The Hall–Kier alpha value is -1.34. The number of ether oxygens (including phenoxy) is 4. The molecule has 0 radical (unpaired) electrons. The van der Waals surface area contributed by atoms with Crippen LogP contribution in [0.3, 0.4) is 0 Å². The van der Waals surface area contributed by atoms with Crippen LogP contribution in [0, 0.1) is 0 Å². The van der Waals surface area contributed by atoms with Crippen molar-refractivity contribution >= 4 is 11.9 Å². The van der Waals surface area contributed by atoms with Crippen LogP contribution in [-0.4, -0.2) is 95.6 Å². The van der Waals surface area contributed by atoms with E-state index in [1.807, 2.05) is 0 Å². The molecule has 2 fully saturated rings. The largest absolute Gasteiger partial charge is 0.481 e. The van der Waals surface area contributed by atoms with Crippen LogP contribution in [0.5, 0.6) is 0 Å². The topological polar surface area (TPSA) is 144 Å². The van der Waals surface area contributed by atoms with Crippen molar-refractivity contribution in [3.63, 3.8) is 0 Å². The number of aliphatic carboxylic acids is 1. The minimum absolute atomic E-state index is 0.0523. The molecule has 0 saturated carbocycles. The van der Waals surface area contributed by atoms with Crippen LogP contribution in [0.2, 0.25) is 0 Å². The van der Waals surface area contributed by atoms with E-state index in [2.05, 4.69) is 0 Å². The first-order chi connectivity index (χ1) is 14.3. The fourth-order valence-corrected chi connectivity index (χ4v) is 3.53. The molecule has 0 bridgehead atoms. The summed E-state index contributed by atoms with van der Waals surface area (Å²) in [5.41, 5.74) is 0. The van der Waals surface area contributed by atoms with Crippen molar-refractivity contribution in [2.24, 2.45) is 0 Å². The summed E-state index contributed by atoms with van der Waals surface area (Å²) >= 11 is 0. The highest BCUT2D eigenvalue weighted by Gasteiger charge is 2.37.